The molecule has 1 aliphatic rings. The number of rotatable bonds is 4. The van der Waals surface area contributed by atoms with E-state index in [0.717, 1.165) is 37.1 Å². The summed E-state index contributed by atoms with van der Waals surface area (Å²) in [7, 11) is 0. The molecule has 0 aliphatic heterocycles. The van der Waals surface area contributed by atoms with E-state index in [0.29, 0.717) is 12.0 Å². The van der Waals surface area contributed by atoms with Crippen LogP contribution >= 0.6 is 0 Å². The number of benzene rings is 1. The Bertz CT molecular complexity index is 682. The summed E-state index contributed by atoms with van der Waals surface area (Å²) < 4.78 is 27.9. The second-order valence-corrected chi connectivity index (χ2v) is 6.08. The number of likely N-dealkylation sites (N-methyl/N-ethyl adjacent to an activating group) is 1. The first-order valence-corrected chi connectivity index (χ1v) is 8.16. The SMILES string of the molecule is CCNC(C)C1CCCc2cc(-c3c(F)cccc3F)nnc21. The quantitative estimate of drug-likeness (QED) is 0.931. The highest BCUT2D eigenvalue weighted by molar-refractivity contribution is 5.61. The highest BCUT2D eigenvalue weighted by atomic mass is 19.1. The van der Waals surface area contributed by atoms with Crippen molar-refractivity contribution in [3.63, 3.8) is 0 Å². The number of fused-ring (bicyclic) bond motifs is 1. The molecule has 0 saturated carbocycles. The lowest BCUT2D eigenvalue weighted by atomic mass is 9.82. The summed E-state index contributed by atoms with van der Waals surface area (Å²) in [5.74, 6) is -0.911. The van der Waals surface area contributed by atoms with Gasteiger partial charge in [-0.2, -0.15) is 10.2 Å². The van der Waals surface area contributed by atoms with E-state index in [-0.39, 0.29) is 11.3 Å². The normalized spacial score (nSPS) is 18.5. The van der Waals surface area contributed by atoms with Crippen LogP contribution in [0.2, 0.25) is 0 Å². The maximum Gasteiger partial charge on any atom is 0.135 e. The first kappa shape index (κ1) is 16.0. The fourth-order valence-electron chi connectivity index (χ4n) is 3.42. The molecule has 0 fully saturated rings. The van der Waals surface area contributed by atoms with E-state index < -0.39 is 11.6 Å². The van der Waals surface area contributed by atoms with Crippen LogP contribution in [0.25, 0.3) is 11.3 Å². The zero-order chi connectivity index (χ0) is 16.4. The third kappa shape index (κ3) is 3.11. The second kappa shape index (κ2) is 6.71. The van der Waals surface area contributed by atoms with Gasteiger partial charge in [-0.05, 0) is 56.5 Å². The lowest BCUT2D eigenvalue weighted by Gasteiger charge is -2.29. The van der Waals surface area contributed by atoms with Crippen molar-refractivity contribution in [3.05, 3.63) is 47.2 Å². The molecule has 5 heteroatoms. The summed E-state index contributed by atoms with van der Waals surface area (Å²) in [5.41, 5.74) is 2.20. The molecule has 122 valence electrons. The average molecular weight is 317 g/mol. The van der Waals surface area contributed by atoms with E-state index in [4.69, 9.17) is 0 Å². The lowest BCUT2D eigenvalue weighted by molar-refractivity contribution is 0.410. The van der Waals surface area contributed by atoms with Gasteiger partial charge in [0.25, 0.3) is 0 Å². The van der Waals surface area contributed by atoms with Gasteiger partial charge in [-0.15, -0.1) is 0 Å². The van der Waals surface area contributed by atoms with Crippen molar-refractivity contribution in [1.82, 2.24) is 15.5 Å². The van der Waals surface area contributed by atoms with E-state index in [1.54, 1.807) is 6.07 Å². The molecule has 2 aromatic rings. The van der Waals surface area contributed by atoms with Crippen LogP contribution in [-0.2, 0) is 6.42 Å². The number of nitrogens with zero attached hydrogens (tertiary/aromatic N) is 2. The van der Waals surface area contributed by atoms with Gasteiger partial charge in [-0.25, -0.2) is 8.78 Å². The minimum absolute atomic E-state index is 0.0929. The predicted octanol–water partition coefficient (Wildman–Crippen LogP) is 3.84. The summed E-state index contributed by atoms with van der Waals surface area (Å²) in [5, 5.41) is 11.9. The Hall–Kier alpha value is -1.88. The maximum absolute atomic E-state index is 14.0. The molecule has 0 amide bonds. The summed E-state index contributed by atoms with van der Waals surface area (Å²) in [6.07, 6.45) is 2.99. The summed E-state index contributed by atoms with van der Waals surface area (Å²) in [6, 6.07) is 5.96. The number of nitrogens with one attached hydrogen (secondary N) is 1. The van der Waals surface area contributed by atoms with E-state index >= 15 is 0 Å². The number of aromatic nitrogens is 2. The van der Waals surface area contributed by atoms with Crippen molar-refractivity contribution in [2.45, 2.75) is 45.1 Å². The standard InChI is InChI=1S/C18H21F2N3/c1-3-21-11(2)13-7-4-6-12-10-16(22-23-18(12)13)17-14(19)8-5-9-15(17)20/h5,8-11,13,21H,3-4,6-7H2,1-2H3. The van der Waals surface area contributed by atoms with Crippen LogP contribution in [0, 0.1) is 11.6 Å². The molecule has 2 atom stereocenters. The van der Waals surface area contributed by atoms with Gasteiger partial charge in [0.1, 0.15) is 11.6 Å². The Kier molecular flexibility index (Phi) is 4.66. The first-order valence-electron chi connectivity index (χ1n) is 8.16. The third-order valence-electron chi connectivity index (χ3n) is 4.57. The monoisotopic (exact) mass is 317 g/mol. The van der Waals surface area contributed by atoms with Crippen LogP contribution in [0.1, 0.15) is 43.9 Å². The first-order chi connectivity index (χ1) is 11.1. The summed E-state index contributed by atoms with van der Waals surface area (Å²) in [4.78, 5) is 0. The molecule has 1 aromatic heterocycles. The van der Waals surface area contributed by atoms with E-state index in [9.17, 15) is 8.78 Å². The van der Waals surface area contributed by atoms with Crippen molar-refractivity contribution < 1.29 is 8.78 Å². The number of halogens is 2. The smallest absolute Gasteiger partial charge is 0.135 e. The van der Waals surface area contributed by atoms with Gasteiger partial charge < -0.3 is 5.32 Å². The predicted molar refractivity (Wildman–Crippen MR) is 86.2 cm³/mol. The Morgan fingerprint density at radius 3 is 2.70 bits per heavy atom. The Morgan fingerprint density at radius 2 is 2.00 bits per heavy atom. The maximum atomic E-state index is 14.0. The molecule has 0 bridgehead atoms. The van der Waals surface area contributed by atoms with Crippen molar-refractivity contribution in [2.24, 2.45) is 0 Å². The van der Waals surface area contributed by atoms with Crippen LogP contribution in [0.5, 0.6) is 0 Å². The van der Waals surface area contributed by atoms with Crippen molar-refractivity contribution >= 4 is 0 Å². The van der Waals surface area contributed by atoms with Gasteiger partial charge in [0.2, 0.25) is 0 Å². The topological polar surface area (TPSA) is 37.8 Å². The van der Waals surface area contributed by atoms with Gasteiger partial charge in [-0.1, -0.05) is 13.0 Å². The van der Waals surface area contributed by atoms with E-state index in [1.165, 1.54) is 18.2 Å². The minimum atomic E-state index is -0.604. The highest BCUT2D eigenvalue weighted by Crippen LogP contribution is 2.34. The average Bonchev–Trinajstić information content (AvgIpc) is 2.54. The van der Waals surface area contributed by atoms with Gasteiger partial charge in [0.15, 0.2) is 0 Å². The molecular formula is C18H21F2N3. The molecule has 3 rings (SSSR count). The van der Waals surface area contributed by atoms with Crippen LogP contribution in [0.15, 0.2) is 24.3 Å². The van der Waals surface area contributed by atoms with Crippen molar-refractivity contribution in [1.29, 1.82) is 0 Å². The fraction of sp³-hybridized carbons (Fsp3) is 0.444. The van der Waals surface area contributed by atoms with Crippen molar-refractivity contribution in [2.75, 3.05) is 6.54 Å². The molecular weight excluding hydrogens is 296 g/mol. The lowest BCUT2D eigenvalue weighted by Crippen LogP contribution is -2.34. The molecule has 1 heterocycles. The molecule has 1 aliphatic carbocycles. The van der Waals surface area contributed by atoms with Gasteiger partial charge in [0.05, 0.1) is 17.0 Å². The number of aryl methyl sites for hydroxylation is 1. The molecule has 0 radical (unpaired) electrons. The Balaban J connectivity index is 2.00. The molecule has 1 aromatic carbocycles. The van der Waals surface area contributed by atoms with Crippen LogP contribution < -0.4 is 5.32 Å². The fourth-order valence-corrected chi connectivity index (χ4v) is 3.42. The van der Waals surface area contributed by atoms with Crippen LogP contribution in [0.3, 0.4) is 0 Å². The zero-order valence-corrected chi connectivity index (χ0v) is 13.4. The molecule has 2 unspecified atom stereocenters. The van der Waals surface area contributed by atoms with Gasteiger partial charge in [0, 0.05) is 12.0 Å². The molecule has 0 saturated heterocycles. The number of hydrogen-bond donors (Lipinski definition) is 1. The zero-order valence-electron chi connectivity index (χ0n) is 13.4. The molecule has 3 nitrogen and oxygen atoms in total. The van der Waals surface area contributed by atoms with Crippen LogP contribution in [-0.4, -0.2) is 22.8 Å². The van der Waals surface area contributed by atoms with Gasteiger partial charge >= 0.3 is 0 Å². The number of hydrogen-bond acceptors (Lipinski definition) is 3. The van der Waals surface area contributed by atoms with E-state index in [1.807, 2.05) is 0 Å². The minimum Gasteiger partial charge on any atom is -0.314 e. The largest absolute Gasteiger partial charge is 0.314 e. The second-order valence-electron chi connectivity index (χ2n) is 6.08. The summed E-state index contributed by atoms with van der Waals surface area (Å²) >= 11 is 0. The Labute approximate surface area is 135 Å². The Morgan fingerprint density at radius 1 is 1.26 bits per heavy atom. The van der Waals surface area contributed by atoms with Crippen LogP contribution in [0.4, 0.5) is 8.78 Å². The van der Waals surface area contributed by atoms with Crippen molar-refractivity contribution in [3.8, 4) is 11.3 Å². The van der Waals surface area contributed by atoms with Gasteiger partial charge in [-0.3, -0.25) is 0 Å². The highest BCUT2D eigenvalue weighted by Gasteiger charge is 2.27. The van der Waals surface area contributed by atoms with E-state index in [2.05, 4.69) is 29.4 Å². The third-order valence-corrected chi connectivity index (χ3v) is 4.57. The summed E-state index contributed by atoms with van der Waals surface area (Å²) in [6.45, 7) is 5.13. The molecule has 0 spiro atoms. The molecule has 1 N–H and O–H groups in total. The molecule has 23 heavy (non-hydrogen) atoms.